The van der Waals surface area contributed by atoms with E-state index in [2.05, 4.69) is 50.1 Å². The maximum atomic E-state index is 2.36. The summed E-state index contributed by atoms with van der Waals surface area (Å²) in [7, 11) is 2.18. The van der Waals surface area contributed by atoms with Crippen LogP contribution in [0.2, 0.25) is 0 Å². The fourth-order valence-corrected chi connectivity index (χ4v) is 1.68. The molecule has 0 aromatic rings. The van der Waals surface area contributed by atoms with Gasteiger partial charge in [0.25, 0.3) is 0 Å². The third kappa shape index (κ3) is 3.15. The number of hydrogen-bond donors (Lipinski definition) is 0. The Labute approximate surface area is 87.8 Å². The molecule has 1 heteroatoms. The van der Waals surface area contributed by atoms with Crippen molar-refractivity contribution in [3.63, 3.8) is 0 Å². The molecule has 1 aliphatic rings. The molecular formula is C13H21N. The summed E-state index contributed by atoms with van der Waals surface area (Å²) in [5.74, 6) is 0. The van der Waals surface area contributed by atoms with Crippen molar-refractivity contribution < 1.29 is 0 Å². The molecule has 0 aromatic carbocycles. The Hall–Kier alpha value is -0.820. The van der Waals surface area contributed by atoms with Gasteiger partial charge in [-0.3, -0.25) is 0 Å². The van der Waals surface area contributed by atoms with Gasteiger partial charge >= 0.3 is 0 Å². The molecule has 0 saturated carbocycles. The van der Waals surface area contributed by atoms with E-state index in [0.29, 0.717) is 0 Å². The third-order valence-electron chi connectivity index (χ3n) is 2.74. The van der Waals surface area contributed by atoms with Crippen LogP contribution >= 0.6 is 0 Å². The van der Waals surface area contributed by atoms with E-state index in [0.717, 1.165) is 25.9 Å². The first kappa shape index (κ1) is 11.3. The smallest absolute Gasteiger partial charge is 0.0198 e. The molecule has 1 aliphatic carbocycles. The molecule has 0 saturated heterocycles. The molecule has 0 aliphatic heterocycles. The van der Waals surface area contributed by atoms with Gasteiger partial charge in [0.1, 0.15) is 0 Å². The summed E-state index contributed by atoms with van der Waals surface area (Å²) >= 11 is 0. The van der Waals surface area contributed by atoms with E-state index in [1.165, 1.54) is 5.57 Å². The Kier molecular flexibility index (Phi) is 4.68. The molecule has 0 spiro atoms. The summed E-state index contributed by atoms with van der Waals surface area (Å²) in [5, 5.41) is 0. The van der Waals surface area contributed by atoms with Gasteiger partial charge < -0.3 is 4.90 Å². The summed E-state index contributed by atoms with van der Waals surface area (Å²) in [6.07, 6.45) is 11.1. The second-order valence-corrected chi connectivity index (χ2v) is 3.80. The summed E-state index contributed by atoms with van der Waals surface area (Å²) in [6.45, 7) is 6.66. The van der Waals surface area contributed by atoms with Crippen molar-refractivity contribution in [1.82, 2.24) is 4.90 Å². The molecule has 0 aromatic heterocycles. The molecule has 1 nitrogen and oxygen atoms in total. The summed E-state index contributed by atoms with van der Waals surface area (Å²) in [5.41, 5.74) is 3.08. The van der Waals surface area contributed by atoms with E-state index in [-0.39, 0.29) is 0 Å². The molecule has 14 heavy (non-hydrogen) atoms. The third-order valence-corrected chi connectivity index (χ3v) is 2.74. The van der Waals surface area contributed by atoms with Crippen LogP contribution < -0.4 is 0 Å². The van der Waals surface area contributed by atoms with Crippen molar-refractivity contribution in [2.24, 2.45) is 0 Å². The van der Waals surface area contributed by atoms with Gasteiger partial charge in [0, 0.05) is 6.54 Å². The van der Waals surface area contributed by atoms with Gasteiger partial charge in [-0.15, -0.1) is 0 Å². The number of likely N-dealkylation sites (N-methyl/N-ethyl adjacent to an activating group) is 1. The lowest BCUT2D eigenvalue weighted by Gasteiger charge is -2.17. The highest BCUT2D eigenvalue weighted by Gasteiger charge is 2.05. The Morgan fingerprint density at radius 1 is 1.29 bits per heavy atom. The topological polar surface area (TPSA) is 3.24 Å². The monoisotopic (exact) mass is 191 g/mol. The van der Waals surface area contributed by atoms with Gasteiger partial charge in [-0.25, -0.2) is 0 Å². The van der Waals surface area contributed by atoms with Gasteiger partial charge in [-0.1, -0.05) is 38.2 Å². The maximum absolute atomic E-state index is 2.36. The summed E-state index contributed by atoms with van der Waals surface area (Å²) in [4.78, 5) is 2.36. The predicted molar refractivity (Wildman–Crippen MR) is 63.4 cm³/mol. The number of nitrogens with zero attached hydrogens (tertiary/aromatic N) is 1. The van der Waals surface area contributed by atoms with Gasteiger partial charge in [0.15, 0.2) is 0 Å². The zero-order valence-corrected chi connectivity index (χ0v) is 9.59. The summed E-state index contributed by atoms with van der Waals surface area (Å²) in [6, 6.07) is 0. The minimum atomic E-state index is 1.11. The second-order valence-electron chi connectivity index (χ2n) is 3.80. The highest BCUT2D eigenvalue weighted by Crippen LogP contribution is 2.18. The largest absolute Gasteiger partial charge is 0.303 e. The highest BCUT2D eigenvalue weighted by molar-refractivity contribution is 5.33. The molecule has 0 radical (unpaired) electrons. The first-order chi connectivity index (χ1) is 6.77. The van der Waals surface area contributed by atoms with Crippen molar-refractivity contribution in [2.45, 2.75) is 26.7 Å². The Morgan fingerprint density at radius 2 is 2.07 bits per heavy atom. The second kappa shape index (κ2) is 5.82. The van der Waals surface area contributed by atoms with Crippen LogP contribution in [0, 0.1) is 0 Å². The van der Waals surface area contributed by atoms with Crippen LogP contribution in [0.3, 0.4) is 0 Å². The van der Waals surface area contributed by atoms with E-state index in [9.17, 15) is 0 Å². The van der Waals surface area contributed by atoms with E-state index in [1.54, 1.807) is 5.57 Å². The molecule has 0 fully saturated rings. The van der Waals surface area contributed by atoms with Crippen molar-refractivity contribution in [3.8, 4) is 0 Å². The van der Waals surface area contributed by atoms with Crippen LogP contribution in [0.25, 0.3) is 0 Å². The standard InChI is InChI=1S/C13H21N/c1-4-12-9-7-6-8-10-13(12)11-14(3)5-2/h6-9H,4-5,10-11H2,1-3H3. The molecule has 0 amide bonds. The van der Waals surface area contributed by atoms with Crippen molar-refractivity contribution in [1.29, 1.82) is 0 Å². The lowest BCUT2D eigenvalue weighted by molar-refractivity contribution is 0.380. The molecule has 0 bridgehead atoms. The molecular weight excluding hydrogens is 170 g/mol. The van der Waals surface area contributed by atoms with E-state index >= 15 is 0 Å². The van der Waals surface area contributed by atoms with Gasteiger partial charge in [0.2, 0.25) is 0 Å². The summed E-state index contributed by atoms with van der Waals surface area (Å²) < 4.78 is 0. The SMILES string of the molecule is CCC1=C(CN(C)CC)CC=CC=C1. The minimum absolute atomic E-state index is 1.11. The molecule has 1 rings (SSSR count). The van der Waals surface area contributed by atoms with Crippen molar-refractivity contribution in [3.05, 3.63) is 35.5 Å². The first-order valence-corrected chi connectivity index (χ1v) is 5.50. The van der Waals surface area contributed by atoms with Crippen LogP contribution in [0.1, 0.15) is 26.7 Å². The molecule has 0 heterocycles. The quantitative estimate of drug-likeness (QED) is 0.660. The van der Waals surface area contributed by atoms with E-state index in [1.807, 2.05) is 0 Å². The Bertz CT molecular complexity index is 258. The van der Waals surface area contributed by atoms with E-state index < -0.39 is 0 Å². The van der Waals surface area contributed by atoms with E-state index in [4.69, 9.17) is 0 Å². The van der Waals surface area contributed by atoms with Crippen LogP contribution in [-0.4, -0.2) is 25.0 Å². The van der Waals surface area contributed by atoms with Gasteiger partial charge in [-0.2, -0.15) is 0 Å². The fourth-order valence-electron chi connectivity index (χ4n) is 1.68. The van der Waals surface area contributed by atoms with Crippen molar-refractivity contribution in [2.75, 3.05) is 20.1 Å². The lowest BCUT2D eigenvalue weighted by Crippen LogP contribution is -2.21. The Balaban J connectivity index is 2.74. The number of allylic oxidation sites excluding steroid dienone is 5. The van der Waals surface area contributed by atoms with Crippen LogP contribution in [0.15, 0.2) is 35.5 Å². The Morgan fingerprint density at radius 3 is 2.71 bits per heavy atom. The molecule has 0 atom stereocenters. The average molecular weight is 191 g/mol. The zero-order valence-electron chi connectivity index (χ0n) is 9.59. The number of rotatable bonds is 4. The number of hydrogen-bond acceptors (Lipinski definition) is 1. The normalized spacial score (nSPS) is 16.6. The molecule has 0 unspecified atom stereocenters. The lowest BCUT2D eigenvalue weighted by atomic mass is 10.0. The average Bonchev–Trinajstić information content (AvgIpc) is 2.42. The maximum Gasteiger partial charge on any atom is 0.0198 e. The fraction of sp³-hybridized carbons (Fsp3) is 0.538. The zero-order chi connectivity index (χ0) is 10.4. The minimum Gasteiger partial charge on any atom is -0.303 e. The molecule has 78 valence electrons. The first-order valence-electron chi connectivity index (χ1n) is 5.50. The highest BCUT2D eigenvalue weighted by atomic mass is 15.1. The van der Waals surface area contributed by atoms with Gasteiger partial charge in [0.05, 0.1) is 0 Å². The van der Waals surface area contributed by atoms with Crippen LogP contribution in [0.4, 0.5) is 0 Å². The van der Waals surface area contributed by atoms with Crippen molar-refractivity contribution >= 4 is 0 Å². The predicted octanol–water partition coefficient (Wildman–Crippen LogP) is 3.16. The van der Waals surface area contributed by atoms with Crippen LogP contribution in [-0.2, 0) is 0 Å². The van der Waals surface area contributed by atoms with Gasteiger partial charge in [-0.05, 0) is 37.6 Å². The van der Waals surface area contributed by atoms with Crippen LogP contribution in [0.5, 0.6) is 0 Å². The molecule has 0 N–H and O–H groups in total.